The summed E-state index contributed by atoms with van der Waals surface area (Å²) in [5.74, 6) is 2.65. The molecule has 10 heteroatoms. The van der Waals surface area contributed by atoms with Crippen molar-refractivity contribution in [2.45, 2.75) is 45.4 Å². The number of urea groups is 1. The normalized spacial score (nSPS) is 20.4. The van der Waals surface area contributed by atoms with Gasteiger partial charge in [0, 0.05) is 48.2 Å². The molecular formula is C26H30N8O2. The van der Waals surface area contributed by atoms with Crippen molar-refractivity contribution in [1.82, 2.24) is 25.3 Å². The molecule has 10 nitrogen and oxygen atoms in total. The average molecular weight is 487 g/mol. The Kier molecular flexibility index (Phi) is 5.88. The SMILES string of the molecule is CCNC(=O)Nc1ccc(-c2nc3c(c(N4CC5CC4CO5)n2)CCN(c2cc(C)ncn2)C3)cc1. The molecule has 2 bridgehead atoms. The van der Waals surface area contributed by atoms with E-state index in [0.717, 1.165) is 66.8 Å². The fourth-order valence-electron chi connectivity index (χ4n) is 5.28. The number of carbonyl (C=O) groups excluding carboxylic acids is 1. The molecular weight excluding hydrogens is 456 g/mol. The largest absolute Gasteiger partial charge is 0.374 e. The molecule has 2 saturated heterocycles. The van der Waals surface area contributed by atoms with Crippen LogP contribution >= 0.6 is 0 Å². The molecule has 2 atom stereocenters. The van der Waals surface area contributed by atoms with E-state index in [-0.39, 0.29) is 12.1 Å². The van der Waals surface area contributed by atoms with Gasteiger partial charge in [0.05, 0.1) is 31.0 Å². The van der Waals surface area contributed by atoms with Gasteiger partial charge in [-0.2, -0.15) is 0 Å². The van der Waals surface area contributed by atoms with Gasteiger partial charge in [0.2, 0.25) is 0 Å². The standard InChI is InChI=1S/C26H30N8O2/c1-3-27-26(35)30-18-6-4-17(5-7-18)24-31-22-13-33(23-10-16(2)28-15-29-23)9-8-21(22)25(32-24)34-12-20-11-19(34)14-36-20/h4-7,10,15,19-20H,3,8-9,11-14H2,1-2H3,(H2,27,30,35). The first-order valence-electron chi connectivity index (χ1n) is 12.5. The molecule has 2 amide bonds. The molecule has 186 valence electrons. The van der Waals surface area contributed by atoms with Crippen LogP contribution in [0.4, 0.5) is 22.1 Å². The third-order valence-corrected chi connectivity index (χ3v) is 7.07. The minimum absolute atomic E-state index is 0.219. The van der Waals surface area contributed by atoms with Gasteiger partial charge in [-0.3, -0.25) is 0 Å². The maximum Gasteiger partial charge on any atom is 0.319 e. The number of benzene rings is 1. The van der Waals surface area contributed by atoms with E-state index in [9.17, 15) is 4.79 Å². The second-order valence-corrected chi connectivity index (χ2v) is 9.54. The topological polar surface area (TPSA) is 108 Å². The molecule has 3 aliphatic rings. The number of hydrogen-bond donors (Lipinski definition) is 2. The fourth-order valence-corrected chi connectivity index (χ4v) is 5.28. The molecule has 0 saturated carbocycles. The number of nitrogens with zero attached hydrogens (tertiary/aromatic N) is 6. The van der Waals surface area contributed by atoms with E-state index in [1.807, 2.05) is 44.2 Å². The van der Waals surface area contributed by atoms with Gasteiger partial charge < -0.3 is 25.2 Å². The number of ether oxygens (including phenoxy) is 1. The van der Waals surface area contributed by atoms with E-state index in [0.29, 0.717) is 25.0 Å². The molecule has 36 heavy (non-hydrogen) atoms. The molecule has 1 aromatic carbocycles. The van der Waals surface area contributed by atoms with Gasteiger partial charge in [-0.05, 0) is 51.0 Å². The van der Waals surface area contributed by atoms with Crippen LogP contribution in [0.1, 0.15) is 30.3 Å². The molecule has 2 N–H and O–H groups in total. The number of morpholine rings is 1. The molecule has 2 fully saturated rings. The third-order valence-electron chi connectivity index (χ3n) is 7.07. The Morgan fingerprint density at radius 2 is 2.06 bits per heavy atom. The third kappa shape index (κ3) is 4.32. The Balaban J connectivity index is 1.34. The minimum atomic E-state index is -0.219. The molecule has 0 spiro atoms. The second kappa shape index (κ2) is 9.34. The number of rotatable bonds is 5. The summed E-state index contributed by atoms with van der Waals surface area (Å²) in [6.45, 7) is 7.60. The van der Waals surface area contributed by atoms with E-state index in [4.69, 9.17) is 14.7 Å². The number of aryl methyl sites for hydroxylation is 1. The lowest BCUT2D eigenvalue weighted by Crippen LogP contribution is -2.40. The van der Waals surface area contributed by atoms with Crippen LogP contribution in [0.3, 0.4) is 0 Å². The van der Waals surface area contributed by atoms with E-state index < -0.39 is 0 Å². The smallest absolute Gasteiger partial charge is 0.319 e. The van der Waals surface area contributed by atoms with Crippen LogP contribution in [0.25, 0.3) is 11.4 Å². The summed E-state index contributed by atoms with van der Waals surface area (Å²) >= 11 is 0. The molecule has 2 aromatic heterocycles. The summed E-state index contributed by atoms with van der Waals surface area (Å²) in [5, 5.41) is 5.59. The van der Waals surface area contributed by atoms with E-state index in [2.05, 4.69) is 30.4 Å². The number of anilines is 3. The van der Waals surface area contributed by atoms with Gasteiger partial charge in [0.15, 0.2) is 5.82 Å². The number of amides is 2. The Morgan fingerprint density at radius 1 is 1.19 bits per heavy atom. The summed E-state index contributed by atoms with van der Waals surface area (Å²) in [7, 11) is 0. The van der Waals surface area contributed by atoms with Gasteiger partial charge in [0.25, 0.3) is 0 Å². The van der Waals surface area contributed by atoms with Crippen molar-refractivity contribution in [2.24, 2.45) is 0 Å². The summed E-state index contributed by atoms with van der Waals surface area (Å²) in [5.41, 5.74) is 4.84. The second-order valence-electron chi connectivity index (χ2n) is 9.54. The van der Waals surface area contributed by atoms with Crippen molar-refractivity contribution < 1.29 is 9.53 Å². The lowest BCUT2D eigenvalue weighted by Gasteiger charge is -2.34. The average Bonchev–Trinajstić information content (AvgIpc) is 3.52. The molecule has 2 unspecified atom stereocenters. The van der Waals surface area contributed by atoms with Crippen LogP contribution in [0.2, 0.25) is 0 Å². The first kappa shape index (κ1) is 22.7. The summed E-state index contributed by atoms with van der Waals surface area (Å²) in [6.07, 6.45) is 3.82. The quantitative estimate of drug-likeness (QED) is 0.567. The molecule has 6 rings (SSSR count). The van der Waals surface area contributed by atoms with Gasteiger partial charge >= 0.3 is 6.03 Å². The van der Waals surface area contributed by atoms with Crippen LogP contribution < -0.4 is 20.4 Å². The van der Waals surface area contributed by atoms with Gasteiger partial charge in [-0.25, -0.2) is 24.7 Å². The van der Waals surface area contributed by atoms with Crippen molar-refractivity contribution >= 4 is 23.4 Å². The molecule has 5 heterocycles. The Morgan fingerprint density at radius 3 is 2.78 bits per heavy atom. The van der Waals surface area contributed by atoms with Gasteiger partial charge in [-0.15, -0.1) is 0 Å². The number of hydrogen-bond acceptors (Lipinski definition) is 8. The van der Waals surface area contributed by atoms with Crippen LogP contribution in [0, 0.1) is 6.92 Å². The maximum absolute atomic E-state index is 11.9. The molecule has 0 radical (unpaired) electrons. The number of aromatic nitrogens is 4. The Labute approximate surface area is 210 Å². The van der Waals surface area contributed by atoms with Crippen molar-refractivity contribution in [1.29, 1.82) is 0 Å². The van der Waals surface area contributed by atoms with Crippen LogP contribution in [0.15, 0.2) is 36.7 Å². The number of carbonyl (C=O) groups is 1. The first-order chi connectivity index (χ1) is 17.6. The van der Waals surface area contributed by atoms with Gasteiger partial charge in [-0.1, -0.05) is 0 Å². The zero-order valence-corrected chi connectivity index (χ0v) is 20.6. The minimum Gasteiger partial charge on any atom is -0.374 e. The van der Waals surface area contributed by atoms with E-state index in [1.165, 1.54) is 5.56 Å². The van der Waals surface area contributed by atoms with E-state index in [1.54, 1.807) is 6.33 Å². The predicted octanol–water partition coefficient (Wildman–Crippen LogP) is 2.92. The molecule has 3 aromatic rings. The van der Waals surface area contributed by atoms with Crippen LogP contribution in [-0.2, 0) is 17.7 Å². The summed E-state index contributed by atoms with van der Waals surface area (Å²) in [4.78, 5) is 35.4. The first-order valence-corrected chi connectivity index (χ1v) is 12.5. The van der Waals surface area contributed by atoms with E-state index >= 15 is 0 Å². The highest BCUT2D eigenvalue weighted by Crippen LogP contribution is 2.37. The fraction of sp³-hybridized carbons (Fsp3) is 0.423. The summed E-state index contributed by atoms with van der Waals surface area (Å²) < 4.78 is 5.86. The maximum atomic E-state index is 11.9. The van der Waals surface area contributed by atoms with Crippen molar-refractivity contribution in [3.63, 3.8) is 0 Å². The zero-order chi connectivity index (χ0) is 24.6. The number of fused-ring (bicyclic) bond motifs is 3. The Bertz CT molecular complexity index is 1280. The van der Waals surface area contributed by atoms with Crippen molar-refractivity contribution in [3.8, 4) is 11.4 Å². The van der Waals surface area contributed by atoms with Gasteiger partial charge in [0.1, 0.15) is 18.0 Å². The van der Waals surface area contributed by atoms with Crippen LogP contribution in [-0.4, -0.2) is 64.4 Å². The highest BCUT2D eigenvalue weighted by atomic mass is 16.5. The lowest BCUT2D eigenvalue weighted by molar-refractivity contribution is 0.0988. The molecule has 0 aliphatic carbocycles. The zero-order valence-electron chi connectivity index (χ0n) is 20.6. The van der Waals surface area contributed by atoms with Crippen molar-refractivity contribution in [2.75, 3.05) is 41.4 Å². The number of nitrogens with one attached hydrogen (secondary N) is 2. The lowest BCUT2D eigenvalue weighted by atomic mass is 10.0. The predicted molar refractivity (Wildman–Crippen MR) is 137 cm³/mol. The monoisotopic (exact) mass is 486 g/mol. The van der Waals surface area contributed by atoms with Crippen LogP contribution in [0.5, 0.6) is 0 Å². The highest BCUT2D eigenvalue weighted by molar-refractivity contribution is 5.89. The van der Waals surface area contributed by atoms with Crippen molar-refractivity contribution in [3.05, 3.63) is 53.6 Å². The highest BCUT2D eigenvalue weighted by Gasteiger charge is 2.41. The Hall–Kier alpha value is -3.79. The summed E-state index contributed by atoms with van der Waals surface area (Å²) in [6, 6.07) is 9.85. The molecule has 3 aliphatic heterocycles.